The summed E-state index contributed by atoms with van der Waals surface area (Å²) in [4.78, 5) is 31.3. The fraction of sp³-hybridized carbons (Fsp3) is 0.520. The third-order valence-corrected chi connectivity index (χ3v) is 6.88. The molecule has 1 aromatic heterocycles. The molecule has 1 unspecified atom stereocenters. The van der Waals surface area contributed by atoms with Crippen LogP contribution >= 0.6 is 11.3 Å². The number of unbranched alkanes of at least 4 members (excludes halogenated alkanes) is 2. The van der Waals surface area contributed by atoms with Crippen LogP contribution in [0.15, 0.2) is 35.7 Å². The monoisotopic (exact) mass is 426 g/mol. The zero-order valence-corrected chi connectivity index (χ0v) is 19.3. The normalized spacial score (nSPS) is 15.7. The van der Waals surface area contributed by atoms with Crippen LogP contribution in [0.25, 0.3) is 0 Å². The van der Waals surface area contributed by atoms with Gasteiger partial charge in [-0.2, -0.15) is 0 Å². The van der Waals surface area contributed by atoms with Crippen LogP contribution in [0.4, 0.5) is 0 Å². The highest BCUT2D eigenvalue weighted by Gasteiger charge is 2.33. The molecule has 5 heteroatoms. The summed E-state index contributed by atoms with van der Waals surface area (Å²) >= 11 is 1.78. The number of benzene rings is 1. The van der Waals surface area contributed by atoms with Gasteiger partial charge in [-0.3, -0.25) is 9.59 Å². The first-order valence-electron chi connectivity index (χ1n) is 11.2. The molecule has 2 heterocycles. The Balaban J connectivity index is 1.82. The van der Waals surface area contributed by atoms with Gasteiger partial charge in [-0.25, -0.2) is 0 Å². The molecule has 0 bridgehead atoms. The summed E-state index contributed by atoms with van der Waals surface area (Å²) in [7, 11) is 0. The molecule has 162 valence electrons. The molecule has 3 rings (SSSR count). The average Bonchev–Trinajstić information content (AvgIpc) is 3.23. The highest BCUT2D eigenvalue weighted by atomic mass is 32.1. The standard InChI is InChI=1S/C25H34N2O2S/c1-4-6-8-23(28)26(15-7-5-2)18-24(29)27-16-13-22-21(14-17-30-22)25(27)20-11-9-19(3)10-12-20/h9-12,14,17,25H,4-8,13,15-16,18H2,1-3H3. The second-order valence-corrected chi connectivity index (χ2v) is 9.22. The quantitative estimate of drug-likeness (QED) is 0.542. The molecule has 0 saturated carbocycles. The predicted octanol–water partition coefficient (Wildman–Crippen LogP) is 5.35. The Morgan fingerprint density at radius 1 is 1.10 bits per heavy atom. The lowest BCUT2D eigenvalue weighted by molar-refractivity contribution is -0.141. The van der Waals surface area contributed by atoms with Crippen molar-refractivity contribution < 1.29 is 9.59 Å². The zero-order valence-electron chi connectivity index (χ0n) is 18.5. The number of carbonyl (C=O) groups is 2. The van der Waals surface area contributed by atoms with Gasteiger partial charge in [0, 0.05) is 24.4 Å². The fourth-order valence-corrected chi connectivity index (χ4v) is 4.98. The van der Waals surface area contributed by atoms with E-state index in [-0.39, 0.29) is 24.4 Å². The van der Waals surface area contributed by atoms with Crippen molar-refractivity contribution in [2.45, 2.75) is 65.3 Å². The molecule has 1 aliphatic heterocycles. The molecule has 0 radical (unpaired) electrons. The molecule has 0 saturated heterocycles. The van der Waals surface area contributed by atoms with Gasteiger partial charge in [0.1, 0.15) is 0 Å². The maximum Gasteiger partial charge on any atom is 0.242 e. The van der Waals surface area contributed by atoms with Gasteiger partial charge < -0.3 is 9.80 Å². The first-order chi connectivity index (χ1) is 14.5. The number of carbonyl (C=O) groups excluding carboxylic acids is 2. The molecule has 0 N–H and O–H groups in total. The summed E-state index contributed by atoms with van der Waals surface area (Å²) in [5, 5.41) is 2.13. The minimum atomic E-state index is -0.0631. The number of aryl methyl sites for hydroxylation is 1. The molecule has 2 aromatic rings. The van der Waals surface area contributed by atoms with Gasteiger partial charge in [0.15, 0.2) is 0 Å². The second-order valence-electron chi connectivity index (χ2n) is 8.22. The number of hydrogen-bond donors (Lipinski definition) is 0. The lowest BCUT2D eigenvalue weighted by Gasteiger charge is -2.37. The van der Waals surface area contributed by atoms with Gasteiger partial charge in [-0.15, -0.1) is 11.3 Å². The van der Waals surface area contributed by atoms with Crippen LogP contribution in [0, 0.1) is 6.92 Å². The average molecular weight is 427 g/mol. The predicted molar refractivity (Wildman–Crippen MR) is 124 cm³/mol. The van der Waals surface area contributed by atoms with Crippen molar-refractivity contribution in [1.29, 1.82) is 0 Å². The van der Waals surface area contributed by atoms with Gasteiger partial charge in [-0.1, -0.05) is 56.5 Å². The van der Waals surface area contributed by atoms with E-state index in [4.69, 9.17) is 0 Å². The molecule has 0 aliphatic carbocycles. The third-order valence-electron chi connectivity index (χ3n) is 5.88. The highest BCUT2D eigenvalue weighted by molar-refractivity contribution is 7.10. The number of hydrogen-bond acceptors (Lipinski definition) is 3. The molecule has 0 fully saturated rings. The number of nitrogens with zero attached hydrogens (tertiary/aromatic N) is 2. The van der Waals surface area contributed by atoms with Crippen molar-refractivity contribution in [2.75, 3.05) is 19.6 Å². The van der Waals surface area contributed by atoms with Crippen molar-refractivity contribution in [3.05, 3.63) is 57.3 Å². The lowest BCUT2D eigenvalue weighted by Crippen LogP contribution is -2.47. The van der Waals surface area contributed by atoms with E-state index in [0.717, 1.165) is 37.7 Å². The van der Waals surface area contributed by atoms with Gasteiger partial charge >= 0.3 is 0 Å². The summed E-state index contributed by atoms with van der Waals surface area (Å²) in [6, 6.07) is 10.6. The molecule has 1 atom stereocenters. The SMILES string of the molecule is CCCCC(=O)N(CCCC)CC(=O)N1CCc2sccc2C1c1ccc(C)cc1. The Kier molecular flexibility index (Phi) is 8.08. The smallest absolute Gasteiger partial charge is 0.242 e. The molecule has 2 amide bonds. The van der Waals surface area contributed by atoms with Crippen molar-refractivity contribution in [2.24, 2.45) is 0 Å². The van der Waals surface area contributed by atoms with Crippen molar-refractivity contribution in [1.82, 2.24) is 9.80 Å². The number of amides is 2. The summed E-state index contributed by atoms with van der Waals surface area (Å²) in [5.41, 5.74) is 3.59. The summed E-state index contributed by atoms with van der Waals surface area (Å²) in [5.74, 6) is 0.164. The van der Waals surface area contributed by atoms with Gasteiger partial charge in [0.05, 0.1) is 12.6 Å². The Bertz CT molecular complexity index is 843. The highest BCUT2D eigenvalue weighted by Crippen LogP contribution is 2.38. The summed E-state index contributed by atoms with van der Waals surface area (Å²) in [6.07, 6.45) is 5.23. The first-order valence-corrected chi connectivity index (χ1v) is 12.1. The Morgan fingerprint density at radius 3 is 2.53 bits per heavy atom. The van der Waals surface area contributed by atoms with Crippen LogP contribution in [0.5, 0.6) is 0 Å². The largest absolute Gasteiger partial charge is 0.333 e. The van der Waals surface area contributed by atoms with E-state index in [1.54, 1.807) is 16.2 Å². The van der Waals surface area contributed by atoms with Crippen LogP contribution in [0.2, 0.25) is 0 Å². The maximum absolute atomic E-state index is 13.5. The lowest BCUT2D eigenvalue weighted by atomic mass is 9.92. The van der Waals surface area contributed by atoms with Crippen LogP contribution in [-0.4, -0.2) is 41.2 Å². The van der Waals surface area contributed by atoms with E-state index in [0.29, 0.717) is 19.5 Å². The Hall–Kier alpha value is -2.14. The van der Waals surface area contributed by atoms with E-state index >= 15 is 0 Å². The summed E-state index contributed by atoms with van der Waals surface area (Å²) < 4.78 is 0. The van der Waals surface area contributed by atoms with E-state index in [2.05, 4.69) is 56.5 Å². The van der Waals surface area contributed by atoms with Crippen LogP contribution < -0.4 is 0 Å². The molecule has 4 nitrogen and oxygen atoms in total. The van der Waals surface area contributed by atoms with E-state index in [1.807, 2.05) is 4.90 Å². The zero-order chi connectivity index (χ0) is 21.5. The number of fused-ring (bicyclic) bond motifs is 1. The molecule has 1 aliphatic rings. The van der Waals surface area contributed by atoms with Crippen LogP contribution in [0.1, 0.15) is 73.6 Å². The van der Waals surface area contributed by atoms with Crippen LogP contribution in [-0.2, 0) is 16.0 Å². The van der Waals surface area contributed by atoms with Crippen LogP contribution in [0.3, 0.4) is 0 Å². The topological polar surface area (TPSA) is 40.6 Å². The second kappa shape index (κ2) is 10.8. The van der Waals surface area contributed by atoms with Crippen molar-refractivity contribution in [3.8, 4) is 0 Å². The van der Waals surface area contributed by atoms with E-state index in [1.165, 1.54) is 16.0 Å². The molecule has 0 spiro atoms. The Labute approximate surface area is 184 Å². The van der Waals surface area contributed by atoms with E-state index in [9.17, 15) is 9.59 Å². The molecular formula is C25H34N2O2S. The maximum atomic E-state index is 13.5. The van der Waals surface area contributed by atoms with Gasteiger partial charge in [0.25, 0.3) is 0 Å². The third kappa shape index (κ3) is 5.31. The minimum absolute atomic E-state index is 0.0541. The Morgan fingerprint density at radius 2 is 1.83 bits per heavy atom. The fourth-order valence-electron chi connectivity index (χ4n) is 4.07. The molecule has 1 aromatic carbocycles. The van der Waals surface area contributed by atoms with E-state index < -0.39 is 0 Å². The molecule has 30 heavy (non-hydrogen) atoms. The minimum Gasteiger partial charge on any atom is -0.333 e. The summed E-state index contributed by atoms with van der Waals surface area (Å²) in [6.45, 7) is 7.84. The van der Waals surface area contributed by atoms with Crippen molar-refractivity contribution in [3.63, 3.8) is 0 Å². The number of rotatable bonds is 9. The van der Waals surface area contributed by atoms with Gasteiger partial charge in [-0.05, 0) is 48.8 Å². The molecular weight excluding hydrogens is 392 g/mol. The van der Waals surface area contributed by atoms with Gasteiger partial charge in [0.2, 0.25) is 11.8 Å². The number of thiophene rings is 1. The van der Waals surface area contributed by atoms with Crippen molar-refractivity contribution >= 4 is 23.2 Å². The first kappa shape index (κ1) is 22.5.